The number of hydrogen-bond donors (Lipinski definition) is 0. The van der Waals surface area contributed by atoms with E-state index in [0.29, 0.717) is 0 Å². The Bertz CT molecular complexity index is 546. The van der Waals surface area contributed by atoms with Crippen LogP contribution < -0.4 is 0 Å². The van der Waals surface area contributed by atoms with Gasteiger partial charge in [-0.15, -0.1) is 0 Å². The van der Waals surface area contributed by atoms with E-state index >= 15 is 0 Å². The SMILES string of the molecule is c1ccc(C[N+]2=C(c3ccccc3)SCC2)cc1. The Morgan fingerprint density at radius 2 is 1.56 bits per heavy atom. The average molecular weight is 254 g/mol. The Labute approximate surface area is 112 Å². The van der Waals surface area contributed by atoms with Crippen LogP contribution in [-0.4, -0.2) is 21.9 Å². The lowest BCUT2D eigenvalue weighted by atomic mass is 10.2. The third-order valence-corrected chi connectivity index (χ3v) is 4.28. The van der Waals surface area contributed by atoms with Crippen LogP contribution in [0.2, 0.25) is 0 Å². The fraction of sp³-hybridized carbons (Fsp3) is 0.188. The van der Waals surface area contributed by atoms with E-state index < -0.39 is 0 Å². The van der Waals surface area contributed by atoms with Crippen LogP contribution in [-0.2, 0) is 6.54 Å². The molecule has 0 saturated heterocycles. The Kier molecular flexibility index (Phi) is 3.47. The van der Waals surface area contributed by atoms with Crippen molar-refractivity contribution < 1.29 is 4.58 Å². The molecular weight excluding hydrogens is 238 g/mol. The fourth-order valence-corrected chi connectivity index (χ4v) is 3.39. The second kappa shape index (κ2) is 5.40. The van der Waals surface area contributed by atoms with Gasteiger partial charge in [-0.25, -0.2) is 4.58 Å². The molecule has 0 atom stereocenters. The molecule has 0 unspecified atom stereocenters. The van der Waals surface area contributed by atoms with Crippen LogP contribution in [0.1, 0.15) is 11.1 Å². The fourth-order valence-electron chi connectivity index (χ4n) is 2.25. The van der Waals surface area contributed by atoms with Crippen LogP contribution in [0.15, 0.2) is 60.7 Å². The van der Waals surface area contributed by atoms with Gasteiger partial charge in [0.15, 0.2) is 13.1 Å². The third kappa shape index (κ3) is 2.49. The van der Waals surface area contributed by atoms with Crippen molar-refractivity contribution in [1.82, 2.24) is 0 Å². The van der Waals surface area contributed by atoms with Crippen LogP contribution >= 0.6 is 11.8 Å². The van der Waals surface area contributed by atoms with E-state index in [1.807, 2.05) is 11.8 Å². The molecule has 2 aromatic rings. The van der Waals surface area contributed by atoms with E-state index in [0.717, 1.165) is 13.1 Å². The molecule has 1 nitrogen and oxygen atoms in total. The number of benzene rings is 2. The Balaban J connectivity index is 1.90. The van der Waals surface area contributed by atoms with Gasteiger partial charge in [0.2, 0.25) is 5.04 Å². The van der Waals surface area contributed by atoms with Crippen LogP contribution in [0.4, 0.5) is 0 Å². The summed E-state index contributed by atoms with van der Waals surface area (Å²) in [6.07, 6.45) is 0. The molecule has 2 heteroatoms. The Morgan fingerprint density at radius 3 is 2.28 bits per heavy atom. The standard InChI is InChI=1S/C16H16NS/c1-3-7-14(8-4-1)13-17-11-12-18-16(17)15-9-5-2-6-10-15/h1-10H,11-13H2/q+1. The smallest absolute Gasteiger partial charge is 0.219 e. The van der Waals surface area contributed by atoms with Gasteiger partial charge in [-0.2, -0.15) is 0 Å². The lowest BCUT2D eigenvalue weighted by Crippen LogP contribution is -2.15. The van der Waals surface area contributed by atoms with E-state index in [1.165, 1.54) is 21.9 Å². The largest absolute Gasteiger partial charge is 0.242 e. The third-order valence-electron chi connectivity index (χ3n) is 3.12. The Hall–Kier alpha value is -1.54. The summed E-state index contributed by atoms with van der Waals surface area (Å²) in [6.45, 7) is 2.15. The van der Waals surface area contributed by atoms with Crippen LogP contribution in [0, 0.1) is 0 Å². The van der Waals surface area contributed by atoms with Crippen molar-refractivity contribution in [3.63, 3.8) is 0 Å². The molecular formula is C16H16NS+. The minimum absolute atomic E-state index is 1.01. The lowest BCUT2D eigenvalue weighted by molar-refractivity contribution is -0.533. The molecule has 3 rings (SSSR count). The Morgan fingerprint density at radius 1 is 0.889 bits per heavy atom. The van der Waals surface area contributed by atoms with Crippen molar-refractivity contribution in [2.45, 2.75) is 6.54 Å². The molecule has 0 radical (unpaired) electrons. The summed E-state index contributed by atoms with van der Waals surface area (Å²) in [5.41, 5.74) is 2.73. The normalized spacial score (nSPS) is 15.1. The monoisotopic (exact) mass is 254 g/mol. The van der Waals surface area contributed by atoms with Gasteiger partial charge in [0, 0.05) is 5.56 Å². The predicted octanol–water partition coefficient (Wildman–Crippen LogP) is 3.39. The molecule has 0 spiro atoms. The van der Waals surface area contributed by atoms with E-state index in [1.54, 1.807) is 0 Å². The van der Waals surface area contributed by atoms with E-state index in [-0.39, 0.29) is 0 Å². The molecule has 0 amide bonds. The second-order valence-electron chi connectivity index (χ2n) is 4.43. The van der Waals surface area contributed by atoms with E-state index in [9.17, 15) is 0 Å². The van der Waals surface area contributed by atoms with Gasteiger partial charge < -0.3 is 0 Å². The maximum Gasteiger partial charge on any atom is 0.242 e. The maximum absolute atomic E-state index is 2.48. The van der Waals surface area contributed by atoms with Gasteiger partial charge in [-0.05, 0) is 12.1 Å². The number of hydrogen-bond acceptors (Lipinski definition) is 1. The molecule has 0 bridgehead atoms. The molecule has 0 saturated carbocycles. The highest BCUT2D eigenvalue weighted by molar-refractivity contribution is 8.14. The zero-order valence-corrected chi connectivity index (χ0v) is 11.1. The minimum Gasteiger partial charge on any atom is -0.219 e. The van der Waals surface area contributed by atoms with Crippen molar-refractivity contribution in [2.24, 2.45) is 0 Å². The van der Waals surface area contributed by atoms with Crippen LogP contribution in [0.5, 0.6) is 0 Å². The highest BCUT2D eigenvalue weighted by atomic mass is 32.2. The first kappa shape index (κ1) is 11.5. The molecule has 0 aromatic heterocycles. The molecule has 18 heavy (non-hydrogen) atoms. The molecule has 0 aliphatic carbocycles. The summed E-state index contributed by atoms with van der Waals surface area (Å²) >= 11 is 1.97. The van der Waals surface area contributed by atoms with Gasteiger partial charge in [-0.1, -0.05) is 60.3 Å². The summed E-state index contributed by atoms with van der Waals surface area (Å²) in [7, 11) is 0. The lowest BCUT2D eigenvalue weighted by Gasteiger charge is -2.02. The average Bonchev–Trinajstić information content (AvgIpc) is 2.89. The quantitative estimate of drug-likeness (QED) is 0.759. The van der Waals surface area contributed by atoms with Crippen molar-refractivity contribution in [2.75, 3.05) is 12.3 Å². The first-order valence-electron chi connectivity index (χ1n) is 6.27. The number of thioether (sulfide) groups is 1. The first-order valence-corrected chi connectivity index (χ1v) is 7.26. The summed E-state index contributed by atoms with van der Waals surface area (Å²) in [6, 6.07) is 21.4. The summed E-state index contributed by atoms with van der Waals surface area (Å²) in [5, 5.41) is 1.42. The number of nitrogens with zero attached hydrogens (tertiary/aromatic N) is 1. The van der Waals surface area contributed by atoms with Crippen molar-refractivity contribution in [3.05, 3.63) is 71.8 Å². The topological polar surface area (TPSA) is 3.01 Å². The summed E-state index contributed by atoms with van der Waals surface area (Å²) in [5.74, 6) is 1.19. The van der Waals surface area contributed by atoms with Gasteiger partial charge >= 0.3 is 0 Å². The van der Waals surface area contributed by atoms with Gasteiger partial charge in [0.05, 0.1) is 11.3 Å². The predicted molar refractivity (Wildman–Crippen MR) is 78.3 cm³/mol. The first-order chi connectivity index (χ1) is 8.93. The molecule has 0 fully saturated rings. The van der Waals surface area contributed by atoms with Crippen molar-refractivity contribution >= 4 is 16.8 Å². The summed E-state index contributed by atoms with van der Waals surface area (Å²) < 4.78 is 2.48. The van der Waals surface area contributed by atoms with E-state index in [2.05, 4.69) is 65.2 Å². The summed E-state index contributed by atoms with van der Waals surface area (Å²) in [4.78, 5) is 0. The van der Waals surface area contributed by atoms with Gasteiger partial charge in [0.25, 0.3) is 0 Å². The van der Waals surface area contributed by atoms with Crippen LogP contribution in [0.25, 0.3) is 0 Å². The van der Waals surface area contributed by atoms with Crippen LogP contribution in [0.3, 0.4) is 0 Å². The minimum atomic E-state index is 1.01. The van der Waals surface area contributed by atoms with Gasteiger partial charge in [0.1, 0.15) is 0 Å². The molecule has 2 aromatic carbocycles. The second-order valence-corrected chi connectivity index (χ2v) is 5.51. The number of rotatable bonds is 3. The molecule has 1 aliphatic rings. The zero-order valence-electron chi connectivity index (χ0n) is 10.3. The van der Waals surface area contributed by atoms with E-state index in [4.69, 9.17) is 0 Å². The van der Waals surface area contributed by atoms with Gasteiger partial charge in [-0.3, -0.25) is 0 Å². The highest BCUT2D eigenvalue weighted by Crippen LogP contribution is 2.20. The molecule has 0 N–H and O–H groups in total. The highest BCUT2D eigenvalue weighted by Gasteiger charge is 2.24. The molecule has 1 aliphatic heterocycles. The molecule has 90 valence electrons. The maximum atomic E-state index is 2.48. The van der Waals surface area contributed by atoms with Crippen molar-refractivity contribution in [3.8, 4) is 0 Å². The molecule has 1 heterocycles. The zero-order chi connectivity index (χ0) is 12.2. The van der Waals surface area contributed by atoms with Crippen molar-refractivity contribution in [1.29, 1.82) is 0 Å².